The van der Waals surface area contributed by atoms with Crippen molar-refractivity contribution in [3.8, 4) is 0 Å². The van der Waals surface area contributed by atoms with E-state index >= 15 is 0 Å². The first kappa shape index (κ1) is 14.1. The molecule has 19 heavy (non-hydrogen) atoms. The van der Waals surface area contributed by atoms with Crippen molar-refractivity contribution in [3.63, 3.8) is 0 Å². The van der Waals surface area contributed by atoms with E-state index in [-0.39, 0.29) is 17.6 Å². The van der Waals surface area contributed by atoms with Gasteiger partial charge in [-0.05, 0) is 25.7 Å². The molecule has 0 amide bonds. The van der Waals surface area contributed by atoms with E-state index < -0.39 is 5.82 Å². The van der Waals surface area contributed by atoms with Crippen LogP contribution in [0.25, 0.3) is 0 Å². The number of rotatable bonds is 4. The minimum absolute atomic E-state index is 0.0281. The van der Waals surface area contributed by atoms with E-state index in [4.69, 9.17) is 10.6 Å². The van der Waals surface area contributed by atoms with Gasteiger partial charge in [0, 0.05) is 7.11 Å². The molecule has 6 heteroatoms. The van der Waals surface area contributed by atoms with Gasteiger partial charge in [0.05, 0.1) is 5.69 Å². The van der Waals surface area contributed by atoms with Gasteiger partial charge in [-0.3, -0.25) is 0 Å². The smallest absolute Gasteiger partial charge is 0.187 e. The van der Waals surface area contributed by atoms with Crippen molar-refractivity contribution in [1.82, 2.24) is 9.97 Å². The highest BCUT2D eigenvalue weighted by Crippen LogP contribution is 2.35. The van der Waals surface area contributed by atoms with Crippen molar-refractivity contribution in [2.75, 3.05) is 12.5 Å². The highest BCUT2D eigenvalue weighted by atomic mass is 19.1. The Bertz CT molecular complexity index is 435. The zero-order chi connectivity index (χ0) is 13.8. The number of nitrogens with one attached hydrogen (secondary N) is 1. The van der Waals surface area contributed by atoms with E-state index in [9.17, 15) is 4.39 Å². The van der Waals surface area contributed by atoms with Crippen LogP contribution in [-0.4, -0.2) is 17.1 Å². The number of anilines is 1. The number of methoxy groups -OCH3 is 1. The lowest BCUT2D eigenvalue weighted by atomic mass is 9.85. The number of hydrazine groups is 1. The molecule has 1 aromatic heterocycles. The third-order valence-corrected chi connectivity index (χ3v) is 3.76. The molecular weight excluding hydrogens is 247 g/mol. The average molecular weight is 268 g/mol. The average Bonchev–Trinajstić information content (AvgIpc) is 2.44. The fraction of sp³-hybridized carbons (Fsp3) is 0.692. The molecule has 1 saturated carbocycles. The van der Waals surface area contributed by atoms with Crippen LogP contribution in [-0.2, 0) is 4.74 Å². The summed E-state index contributed by atoms with van der Waals surface area (Å²) >= 11 is 0. The highest BCUT2D eigenvalue weighted by molar-refractivity contribution is 5.36. The zero-order valence-electron chi connectivity index (χ0n) is 11.4. The molecule has 1 fully saturated rings. The Morgan fingerprint density at radius 1 is 1.32 bits per heavy atom. The lowest BCUT2D eigenvalue weighted by Gasteiger charge is -2.28. The molecule has 3 N–H and O–H groups in total. The van der Waals surface area contributed by atoms with Crippen molar-refractivity contribution in [2.45, 2.75) is 45.1 Å². The summed E-state index contributed by atoms with van der Waals surface area (Å²) in [4.78, 5) is 8.37. The second kappa shape index (κ2) is 6.25. The van der Waals surface area contributed by atoms with E-state index in [0.29, 0.717) is 11.7 Å². The van der Waals surface area contributed by atoms with E-state index in [0.717, 1.165) is 12.8 Å². The first-order chi connectivity index (χ1) is 9.17. The molecule has 106 valence electrons. The molecule has 0 spiro atoms. The van der Waals surface area contributed by atoms with Gasteiger partial charge in [-0.15, -0.1) is 0 Å². The summed E-state index contributed by atoms with van der Waals surface area (Å²) in [5, 5.41) is 0. The standard InChI is InChI=1S/C13H21FN4O/c1-8-10(14)12(18-15)17-13(16-8)11(19-2)9-6-4-3-5-7-9/h9,11H,3-7,15H2,1-2H3,(H,16,17,18). The number of nitrogens with zero attached hydrogens (tertiary/aromatic N) is 2. The Morgan fingerprint density at radius 2 is 2.00 bits per heavy atom. The Labute approximate surface area is 112 Å². The lowest BCUT2D eigenvalue weighted by Crippen LogP contribution is -2.22. The Morgan fingerprint density at radius 3 is 2.58 bits per heavy atom. The molecule has 1 aromatic rings. The van der Waals surface area contributed by atoms with Gasteiger partial charge in [0.1, 0.15) is 6.10 Å². The third kappa shape index (κ3) is 3.01. The molecule has 1 unspecified atom stereocenters. The van der Waals surface area contributed by atoms with Gasteiger partial charge >= 0.3 is 0 Å². The molecular formula is C13H21FN4O. The number of nitrogens with two attached hydrogens (primary N) is 1. The van der Waals surface area contributed by atoms with Crippen molar-refractivity contribution < 1.29 is 9.13 Å². The van der Waals surface area contributed by atoms with Crippen LogP contribution < -0.4 is 11.3 Å². The summed E-state index contributed by atoms with van der Waals surface area (Å²) in [6.07, 6.45) is 5.69. The fourth-order valence-corrected chi connectivity index (χ4v) is 2.75. The van der Waals surface area contributed by atoms with Gasteiger partial charge in [0.25, 0.3) is 0 Å². The summed E-state index contributed by atoms with van der Waals surface area (Å²) < 4.78 is 19.2. The van der Waals surface area contributed by atoms with Crippen LogP contribution in [0.2, 0.25) is 0 Å². The molecule has 0 radical (unpaired) electrons. The quantitative estimate of drug-likeness (QED) is 0.648. The molecule has 1 atom stereocenters. The maximum atomic E-state index is 13.7. The topological polar surface area (TPSA) is 73.1 Å². The van der Waals surface area contributed by atoms with Gasteiger partial charge in [-0.1, -0.05) is 19.3 Å². The number of ether oxygens (including phenoxy) is 1. The number of hydrogen-bond acceptors (Lipinski definition) is 5. The summed E-state index contributed by atoms with van der Waals surface area (Å²) in [7, 11) is 1.65. The maximum Gasteiger partial charge on any atom is 0.187 e. The monoisotopic (exact) mass is 268 g/mol. The van der Waals surface area contributed by atoms with Crippen molar-refractivity contribution in [2.24, 2.45) is 11.8 Å². The normalized spacial score (nSPS) is 18.3. The number of halogens is 1. The van der Waals surface area contributed by atoms with E-state index in [1.807, 2.05) is 0 Å². The Balaban J connectivity index is 2.29. The van der Waals surface area contributed by atoms with Crippen LogP contribution in [0.5, 0.6) is 0 Å². The van der Waals surface area contributed by atoms with Crippen LogP contribution in [0.1, 0.15) is 49.7 Å². The van der Waals surface area contributed by atoms with E-state index in [1.165, 1.54) is 19.3 Å². The first-order valence-corrected chi connectivity index (χ1v) is 6.70. The molecule has 0 aromatic carbocycles. The molecule has 1 aliphatic rings. The lowest BCUT2D eigenvalue weighted by molar-refractivity contribution is 0.0287. The number of aryl methyl sites for hydroxylation is 1. The summed E-state index contributed by atoms with van der Waals surface area (Å²) in [5.74, 6) is 5.72. The van der Waals surface area contributed by atoms with Crippen LogP contribution in [0.15, 0.2) is 0 Å². The minimum Gasteiger partial charge on any atom is -0.373 e. The second-order valence-corrected chi connectivity index (χ2v) is 5.03. The highest BCUT2D eigenvalue weighted by Gasteiger charge is 2.28. The van der Waals surface area contributed by atoms with Crippen LogP contribution in [0.4, 0.5) is 10.2 Å². The minimum atomic E-state index is -0.509. The van der Waals surface area contributed by atoms with Gasteiger partial charge in [-0.25, -0.2) is 20.2 Å². The number of hydrogen-bond donors (Lipinski definition) is 2. The van der Waals surface area contributed by atoms with Crippen molar-refractivity contribution in [3.05, 3.63) is 17.3 Å². The predicted octanol–water partition coefficient (Wildman–Crippen LogP) is 2.48. The molecule has 0 aliphatic heterocycles. The summed E-state index contributed by atoms with van der Waals surface area (Å²) in [5.41, 5.74) is 2.56. The molecule has 1 heterocycles. The van der Waals surface area contributed by atoms with E-state index in [1.54, 1.807) is 14.0 Å². The van der Waals surface area contributed by atoms with Gasteiger partial charge in [-0.2, -0.15) is 0 Å². The zero-order valence-corrected chi connectivity index (χ0v) is 11.4. The van der Waals surface area contributed by atoms with Crippen molar-refractivity contribution >= 4 is 5.82 Å². The predicted molar refractivity (Wildman–Crippen MR) is 70.9 cm³/mol. The third-order valence-electron chi connectivity index (χ3n) is 3.76. The van der Waals surface area contributed by atoms with E-state index in [2.05, 4.69) is 15.4 Å². The number of nitrogen functional groups attached to an aromatic ring is 1. The first-order valence-electron chi connectivity index (χ1n) is 6.70. The van der Waals surface area contributed by atoms with Gasteiger partial charge in [0.15, 0.2) is 17.5 Å². The molecule has 1 aliphatic carbocycles. The SMILES string of the molecule is COC(c1nc(C)c(F)c(NN)n1)C1CCCCC1. The fourth-order valence-electron chi connectivity index (χ4n) is 2.75. The largest absolute Gasteiger partial charge is 0.373 e. The van der Waals surface area contributed by atoms with Crippen LogP contribution in [0, 0.1) is 18.7 Å². The summed E-state index contributed by atoms with van der Waals surface area (Å²) in [6.45, 7) is 1.61. The molecule has 0 bridgehead atoms. The maximum absolute atomic E-state index is 13.7. The van der Waals surface area contributed by atoms with Crippen LogP contribution in [0.3, 0.4) is 0 Å². The van der Waals surface area contributed by atoms with Crippen LogP contribution >= 0.6 is 0 Å². The van der Waals surface area contributed by atoms with Gasteiger partial charge < -0.3 is 10.2 Å². The van der Waals surface area contributed by atoms with Gasteiger partial charge in [0.2, 0.25) is 0 Å². The second-order valence-electron chi connectivity index (χ2n) is 5.03. The molecule has 2 rings (SSSR count). The molecule has 0 saturated heterocycles. The molecule has 5 nitrogen and oxygen atoms in total. The Kier molecular flexibility index (Phi) is 4.66. The number of aromatic nitrogens is 2. The van der Waals surface area contributed by atoms with Crippen molar-refractivity contribution in [1.29, 1.82) is 0 Å². The summed E-state index contributed by atoms with van der Waals surface area (Å²) in [6, 6.07) is 0. The Hall–Kier alpha value is -1.27.